The van der Waals surface area contributed by atoms with Crippen LogP contribution in [0.3, 0.4) is 0 Å². The molecule has 0 saturated heterocycles. The molecule has 0 radical (unpaired) electrons. The van der Waals surface area contributed by atoms with Crippen molar-refractivity contribution in [3.63, 3.8) is 0 Å². The van der Waals surface area contributed by atoms with Crippen molar-refractivity contribution in [1.29, 1.82) is 0 Å². The Morgan fingerprint density at radius 1 is 1.10 bits per heavy atom. The van der Waals surface area contributed by atoms with E-state index in [0.29, 0.717) is 12.0 Å². The summed E-state index contributed by atoms with van der Waals surface area (Å²) in [5.41, 5.74) is 3.90. The van der Waals surface area contributed by atoms with Gasteiger partial charge in [0, 0.05) is 10.9 Å². The van der Waals surface area contributed by atoms with E-state index < -0.39 is 0 Å². The molecule has 1 heterocycles. The molecular formula is C18H24N2S. The van der Waals surface area contributed by atoms with Crippen molar-refractivity contribution < 1.29 is 0 Å². The van der Waals surface area contributed by atoms with Gasteiger partial charge in [-0.2, -0.15) is 0 Å². The van der Waals surface area contributed by atoms with Gasteiger partial charge in [-0.1, -0.05) is 38.1 Å². The van der Waals surface area contributed by atoms with Crippen LogP contribution in [0.15, 0.2) is 24.3 Å². The molecule has 0 aliphatic heterocycles. The first-order valence-electron chi connectivity index (χ1n) is 7.84. The van der Waals surface area contributed by atoms with Gasteiger partial charge in [-0.05, 0) is 43.7 Å². The number of aromatic nitrogens is 1. The number of hydrogen-bond acceptors (Lipinski definition) is 3. The van der Waals surface area contributed by atoms with Gasteiger partial charge < -0.3 is 5.32 Å². The maximum atomic E-state index is 4.78. The van der Waals surface area contributed by atoms with Gasteiger partial charge in [0.1, 0.15) is 5.01 Å². The predicted molar refractivity (Wildman–Crippen MR) is 90.1 cm³/mol. The van der Waals surface area contributed by atoms with Gasteiger partial charge in [0.15, 0.2) is 0 Å². The molecule has 3 heteroatoms. The van der Waals surface area contributed by atoms with E-state index >= 15 is 0 Å². The highest BCUT2D eigenvalue weighted by Crippen LogP contribution is 2.32. The highest BCUT2D eigenvalue weighted by Gasteiger charge is 2.28. The Morgan fingerprint density at radius 2 is 1.71 bits per heavy atom. The van der Waals surface area contributed by atoms with Crippen LogP contribution in [0.2, 0.25) is 0 Å². The number of nitrogens with one attached hydrogen (secondary N) is 1. The van der Waals surface area contributed by atoms with Crippen LogP contribution < -0.4 is 5.32 Å². The third-order valence-corrected chi connectivity index (χ3v) is 5.35. The number of thiazole rings is 1. The van der Waals surface area contributed by atoms with Crippen molar-refractivity contribution >= 4 is 11.3 Å². The molecule has 1 saturated carbocycles. The molecule has 0 bridgehead atoms. The smallest absolute Gasteiger partial charge is 0.115 e. The van der Waals surface area contributed by atoms with E-state index in [4.69, 9.17) is 4.98 Å². The average Bonchev–Trinajstić information content (AvgIpc) is 3.22. The zero-order valence-electron chi connectivity index (χ0n) is 13.3. The van der Waals surface area contributed by atoms with Crippen LogP contribution in [-0.4, -0.2) is 11.0 Å². The van der Waals surface area contributed by atoms with E-state index in [0.717, 1.165) is 5.69 Å². The number of aryl methyl sites for hydroxylation is 2. The second kappa shape index (κ2) is 5.90. The second-order valence-electron chi connectivity index (χ2n) is 6.39. The minimum absolute atomic E-state index is 0.246. The Balaban J connectivity index is 1.90. The van der Waals surface area contributed by atoms with Crippen molar-refractivity contribution in [3.05, 3.63) is 51.0 Å². The highest BCUT2D eigenvalue weighted by molar-refractivity contribution is 7.11. The van der Waals surface area contributed by atoms with Gasteiger partial charge in [0.25, 0.3) is 0 Å². The molecule has 1 unspecified atom stereocenters. The molecule has 112 valence electrons. The van der Waals surface area contributed by atoms with Crippen LogP contribution in [0.25, 0.3) is 0 Å². The number of nitrogens with zero attached hydrogens (tertiary/aromatic N) is 1. The van der Waals surface area contributed by atoms with E-state index in [1.165, 1.54) is 33.9 Å². The summed E-state index contributed by atoms with van der Waals surface area (Å²) in [4.78, 5) is 6.11. The summed E-state index contributed by atoms with van der Waals surface area (Å²) < 4.78 is 0. The third-order valence-electron chi connectivity index (χ3n) is 4.21. The number of benzene rings is 1. The van der Waals surface area contributed by atoms with E-state index in [1.807, 2.05) is 11.3 Å². The molecule has 1 aromatic heterocycles. The zero-order valence-corrected chi connectivity index (χ0v) is 14.1. The maximum Gasteiger partial charge on any atom is 0.115 e. The van der Waals surface area contributed by atoms with Crippen LogP contribution in [0.5, 0.6) is 0 Å². The molecule has 1 aliphatic carbocycles. The largest absolute Gasteiger partial charge is 0.301 e. The van der Waals surface area contributed by atoms with Crippen molar-refractivity contribution in [1.82, 2.24) is 10.3 Å². The Hall–Kier alpha value is -1.19. The van der Waals surface area contributed by atoms with E-state index in [1.54, 1.807) is 0 Å². The minimum atomic E-state index is 0.246. The van der Waals surface area contributed by atoms with Gasteiger partial charge in [0.05, 0.1) is 11.7 Å². The summed E-state index contributed by atoms with van der Waals surface area (Å²) >= 11 is 1.82. The molecule has 1 fully saturated rings. The van der Waals surface area contributed by atoms with Crippen molar-refractivity contribution in [3.8, 4) is 0 Å². The number of rotatable bonds is 5. The summed E-state index contributed by atoms with van der Waals surface area (Å²) in [5.74, 6) is 0.582. The molecule has 2 nitrogen and oxygen atoms in total. The average molecular weight is 300 g/mol. The van der Waals surface area contributed by atoms with E-state index in [2.05, 4.69) is 57.3 Å². The van der Waals surface area contributed by atoms with Gasteiger partial charge in [-0.25, -0.2) is 4.98 Å². The first-order valence-corrected chi connectivity index (χ1v) is 8.66. The van der Waals surface area contributed by atoms with Crippen LogP contribution in [0.4, 0.5) is 0 Å². The Labute approximate surface area is 131 Å². The topological polar surface area (TPSA) is 24.9 Å². The van der Waals surface area contributed by atoms with Gasteiger partial charge in [0.2, 0.25) is 0 Å². The molecule has 2 aromatic rings. The molecule has 3 rings (SSSR count). The summed E-state index contributed by atoms with van der Waals surface area (Å²) in [6, 6.07) is 9.97. The molecule has 1 aliphatic rings. The summed E-state index contributed by atoms with van der Waals surface area (Å²) in [5, 5.41) is 4.96. The van der Waals surface area contributed by atoms with Crippen molar-refractivity contribution in [2.75, 3.05) is 0 Å². The first-order chi connectivity index (χ1) is 10.0. The van der Waals surface area contributed by atoms with Gasteiger partial charge in [-0.3, -0.25) is 0 Å². The Morgan fingerprint density at radius 3 is 2.19 bits per heavy atom. The lowest BCUT2D eigenvalue weighted by Gasteiger charge is -2.17. The first kappa shape index (κ1) is 14.7. The van der Waals surface area contributed by atoms with Crippen LogP contribution in [0, 0.1) is 13.8 Å². The third kappa shape index (κ3) is 3.35. The van der Waals surface area contributed by atoms with Gasteiger partial charge >= 0.3 is 0 Å². The molecule has 0 spiro atoms. The number of hydrogen-bond donors (Lipinski definition) is 1. The van der Waals surface area contributed by atoms with E-state index in [9.17, 15) is 0 Å². The van der Waals surface area contributed by atoms with Crippen LogP contribution in [0.1, 0.15) is 65.4 Å². The molecule has 1 aromatic carbocycles. The molecule has 0 amide bonds. The lowest BCUT2D eigenvalue weighted by atomic mass is 9.99. The molecular weight excluding hydrogens is 276 g/mol. The fourth-order valence-electron chi connectivity index (χ4n) is 2.49. The molecule has 1 N–H and O–H groups in total. The van der Waals surface area contributed by atoms with Crippen molar-refractivity contribution in [2.24, 2.45) is 0 Å². The zero-order chi connectivity index (χ0) is 15.0. The quantitative estimate of drug-likeness (QED) is 0.864. The van der Waals surface area contributed by atoms with Crippen molar-refractivity contribution in [2.45, 2.75) is 58.5 Å². The fourth-order valence-corrected chi connectivity index (χ4v) is 3.50. The minimum Gasteiger partial charge on any atom is -0.301 e. The fraction of sp³-hybridized carbons (Fsp3) is 0.500. The molecule has 1 atom stereocenters. The predicted octanol–water partition coefficient (Wildman–Crippen LogP) is 4.72. The second-order valence-corrected chi connectivity index (χ2v) is 7.62. The summed E-state index contributed by atoms with van der Waals surface area (Å²) in [6.07, 6.45) is 2.59. The standard InChI is InChI=1S/C18H24N2S/c1-11(2)14-5-7-15(8-6-14)17(20-16-9-10-16)18-19-12(3)13(4)21-18/h5-8,11,16-17,20H,9-10H2,1-4H3. The SMILES string of the molecule is Cc1nc(C(NC2CC2)c2ccc(C(C)C)cc2)sc1C. The Kier molecular flexibility index (Phi) is 4.14. The maximum absolute atomic E-state index is 4.78. The van der Waals surface area contributed by atoms with Crippen LogP contribution in [-0.2, 0) is 0 Å². The Bertz CT molecular complexity index is 589. The normalized spacial score (nSPS) is 16.4. The monoisotopic (exact) mass is 300 g/mol. The highest BCUT2D eigenvalue weighted by atomic mass is 32.1. The van der Waals surface area contributed by atoms with Gasteiger partial charge in [-0.15, -0.1) is 11.3 Å². The molecule has 21 heavy (non-hydrogen) atoms. The summed E-state index contributed by atoms with van der Waals surface area (Å²) in [6.45, 7) is 8.74. The van der Waals surface area contributed by atoms with Crippen LogP contribution >= 0.6 is 11.3 Å². The van der Waals surface area contributed by atoms with E-state index in [-0.39, 0.29) is 6.04 Å². The lowest BCUT2D eigenvalue weighted by Crippen LogP contribution is -2.24. The lowest BCUT2D eigenvalue weighted by molar-refractivity contribution is 0.597. The summed E-state index contributed by atoms with van der Waals surface area (Å²) in [7, 11) is 0.